The van der Waals surface area contributed by atoms with Gasteiger partial charge in [0, 0.05) is 50.8 Å². The predicted octanol–water partition coefficient (Wildman–Crippen LogP) is 2.45. The molecule has 6 rings (SSSR count). The van der Waals surface area contributed by atoms with Gasteiger partial charge in [-0.3, -0.25) is 48.3 Å². The van der Waals surface area contributed by atoms with Crippen LogP contribution in [0, 0.1) is 5.92 Å². The molecule has 81 heavy (non-hydrogen) atoms. The molecule has 1 aliphatic heterocycles. The van der Waals surface area contributed by atoms with E-state index in [0.717, 1.165) is 21.9 Å². The molecule has 5 aromatic carbocycles. The lowest BCUT2D eigenvalue weighted by atomic mass is 9.93. The van der Waals surface area contributed by atoms with Gasteiger partial charge in [-0.2, -0.15) is 0 Å². The fourth-order valence-electron chi connectivity index (χ4n) is 9.47. The number of carbonyl (C=O) groups excluding carboxylic acids is 8. The third-order valence-corrected chi connectivity index (χ3v) is 13.6. The Morgan fingerprint density at radius 1 is 0.630 bits per heavy atom. The van der Waals surface area contributed by atoms with Gasteiger partial charge >= 0.3 is 0 Å². The van der Waals surface area contributed by atoms with Gasteiger partial charge in [0.05, 0.1) is 6.54 Å². The number of rotatable bonds is 27. The third kappa shape index (κ3) is 18.4. The Bertz CT molecular complexity index is 3070. The van der Waals surface area contributed by atoms with Crippen molar-refractivity contribution in [3.63, 3.8) is 0 Å². The van der Waals surface area contributed by atoms with E-state index in [1.165, 1.54) is 11.8 Å². The normalized spacial score (nSPS) is 14.3. The number of hydrogen-bond acceptors (Lipinski definition) is 10. The topological polar surface area (TPSA) is 353 Å². The van der Waals surface area contributed by atoms with Crippen molar-refractivity contribution in [2.75, 3.05) is 31.5 Å². The molecule has 0 aromatic heterocycles. The zero-order chi connectivity index (χ0) is 58.4. The molecular formula is C59H74N14O8. The molecule has 0 spiro atoms. The molecule has 22 heteroatoms. The number of benzene rings is 5. The van der Waals surface area contributed by atoms with Gasteiger partial charge in [0.1, 0.15) is 30.2 Å². The lowest BCUT2D eigenvalue weighted by Crippen LogP contribution is -2.56. The predicted molar refractivity (Wildman–Crippen MR) is 312 cm³/mol. The Hall–Kier alpha value is -9.34. The number of nitrogens with two attached hydrogens (primary N) is 4. The van der Waals surface area contributed by atoms with Gasteiger partial charge in [0.2, 0.25) is 41.4 Å². The van der Waals surface area contributed by atoms with Crippen molar-refractivity contribution in [3.05, 3.63) is 138 Å². The first kappa shape index (κ1) is 60.9. The van der Waals surface area contributed by atoms with Crippen LogP contribution in [0.25, 0.3) is 21.9 Å². The fourth-order valence-corrected chi connectivity index (χ4v) is 9.47. The van der Waals surface area contributed by atoms with E-state index in [0.29, 0.717) is 24.0 Å². The van der Waals surface area contributed by atoms with Crippen LogP contribution < -0.4 is 60.2 Å². The van der Waals surface area contributed by atoms with Crippen LogP contribution >= 0.6 is 0 Å². The van der Waals surface area contributed by atoms with E-state index in [2.05, 4.69) is 47.2 Å². The fraction of sp³-hybridized carbons (Fsp3) is 0.356. The summed E-state index contributed by atoms with van der Waals surface area (Å²) in [5.41, 5.74) is 25.4. The Morgan fingerprint density at radius 3 is 1.91 bits per heavy atom. The van der Waals surface area contributed by atoms with Gasteiger partial charge in [-0.25, -0.2) is 0 Å². The Morgan fingerprint density at radius 2 is 1.26 bits per heavy atom. The van der Waals surface area contributed by atoms with Crippen LogP contribution in [0.15, 0.2) is 131 Å². The highest BCUT2D eigenvalue weighted by Crippen LogP contribution is 2.34. The van der Waals surface area contributed by atoms with E-state index in [9.17, 15) is 38.4 Å². The monoisotopic (exact) mass is 1110 g/mol. The number of guanidine groups is 2. The number of amides is 8. The number of fused-ring (bicyclic) bond motifs is 1. The zero-order valence-electron chi connectivity index (χ0n) is 45.9. The van der Waals surface area contributed by atoms with Crippen molar-refractivity contribution in [2.45, 2.75) is 102 Å². The summed E-state index contributed by atoms with van der Waals surface area (Å²) >= 11 is 0. The second kappa shape index (κ2) is 30.1. The Labute approximate surface area is 471 Å². The maximum absolute atomic E-state index is 14.7. The first-order valence-electron chi connectivity index (χ1n) is 27.0. The zero-order valence-corrected chi connectivity index (χ0v) is 45.9. The number of nitrogens with zero attached hydrogens (tertiary/aromatic N) is 3. The maximum Gasteiger partial charge on any atom is 0.252 e. The molecule has 1 fully saturated rings. The molecule has 0 aliphatic carbocycles. The molecule has 1 heterocycles. The van der Waals surface area contributed by atoms with Gasteiger partial charge < -0.3 is 65.1 Å². The van der Waals surface area contributed by atoms with Gasteiger partial charge in [-0.1, -0.05) is 117 Å². The van der Waals surface area contributed by atoms with Crippen molar-refractivity contribution in [2.24, 2.45) is 38.8 Å². The number of hydrogen-bond donors (Lipinski definition) is 11. The van der Waals surface area contributed by atoms with E-state index in [1.54, 1.807) is 32.0 Å². The van der Waals surface area contributed by atoms with Crippen LogP contribution in [0.3, 0.4) is 0 Å². The highest BCUT2D eigenvalue weighted by Gasteiger charge is 2.39. The molecule has 0 bridgehead atoms. The average molecular weight is 1110 g/mol. The molecule has 5 atom stereocenters. The molecule has 0 saturated carbocycles. The van der Waals surface area contributed by atoms with Crippen molar-refractivity contribution < 1.29 is 38.4 Å². The maximum atomic E-state index is 14.7. The summed E-state index contributed by atoms with van der Waals surface area (Å²) in [5, 5.41) is 21.4. The van der Waals surface area contributed by atoms with Gasteiger partial charge in [0.25, 0.3) is 5.91 Å². The lowest BCUT2D eigenvalue weighted by Gasteiger charge is -2.30. The molecule has 0 radical (unpaired) electrons. The summed E-state index contributed by atoms with van der Waals surface area (Å²) in [5.74, 6) is -5.12. The van der Waals surface area contributed by atoms with E-state index in [-0.39, 0.29) is 88.0 Å². The standard InChI is InChI=1S/C59H74N14O8/c1-36(2)51(56(80)71-48(32-38-16-6-4-7-17-38)53(77)67-34-39-18-8-5-9-19-39)72-52(76)44-28-27-41(33-45(44)43-23-12-21-40-20-10-11-22-42(40)43)68-54(78)46(24-13-29-64-58(60)61)70-55(79)49-26-15-31-73(49)57(81)47(25-14-30-65-59(62)63)69-50(75)35-66-37(3)74/h4-12,16-23,27-28,33,36,46-49,51H,13-15,24-26,29-32,34-35H2,1-3H3,(H,66,74)(H,67,77)(H,68,78)(H,69,75)(H,70,79)(H,71,80)(H,72,76)(H4,60,61,64)(H4,62,63,65). The third-order valence-electron chi connectivity index (χ3n) is 13.6. The Balaban J connectivity index is 1.26. The van der Waals surface area contributed by atoms with Gasteiger partial charge in [-0.15, -0.1) is 0 Å². The van der Waals surface area contributed by atoms with Crippen LogP contribution in [0.5, 0.6) is 0 Å². The highest BCUT2D eigenvalue weighted by molar-refractivity contribution is 6.09. The van der Waals surface area contributed by atoms with Crippen LogP contribution in [0.1, 0.15) is 80.8 Å². The van der Waals surface area contributed by atoms with Crippen LogP contribution in [0.4, 0.5) is 5.69 Å². The number of likely N-dealkylation sites (tertiary alicyclic amines) is 1. The van der Waals surface area contributed by atoms with Crippen LogP contribution in [0.2, 0.25) is 0 Å². The van der Waals surface area contributed by atoms with Crippen molar-refractivity contribution in [3.8, 4) is 11.1 Å². The summed E-state index contributed by atoms with van der Waals surface area (Å²) in [7, 11) is 0. The molecule has 1 saturated heterocycles. The molecule has 15 N–H and O–H groups in total. The quantitative estimate of drug-likeness (QED) is 0.0205. The van der Waals surface area contributed by atoms with E-state index >= 15 is 0 Å². The summed E-state index contributed by atoms with van der Waals surface area (Å²) in [6.07, 6.45) is 1.65. The number of carbonyl (C=O) groups is 8. The van der Waals surface area contributed by atoms with E-state index in [4.69, 9.17) is 22.9 Å². The van der Waals surface area contributed by atoms with E-state index in [1.807, 2.05) is 103 Å². The molecule has 5 unspecified atom stereocenters. The molecule has 22 nitrogen and oxygen atoms in total. The van der Waals surface area contributed by atoms with Gasteiger partial charge in [-0.05, 0) is 95.7 Å². The first-order chi connectivity index (χ1) is 38.9. The summed E-state index contributed by atoms with van der Waals surface area (Å²) in [6, 6.07) is 31.3. The average Bonchev–Trinajstić information content (AvgIpc) is 4.01. The van der Waals surface area contributed by atoms with E-state index < -0.39 is 83.4 Å². The summed E-state index contributed by atoms with van der Waals surface area (Å²) in [6.45, 7) is 5.19. The van der Waals surface area contributed by atoms with Crippen molar-refractivity contribution >= 4 is 75.6 Å². The summed E-state index contributed by atoms with van der Waals surface area (Å²) in [4.78, 5) is 120. The molecule has 1 aliphatic rings. The summed E-state index contributed by atoms with van der Waals surface area (Å²) < 4.78 is 0. The lowest BCUT2D eigenvalue weighted by molar-refractivity contribution is -0.142. The minimum Gasteiger partial charge on any atom is -0.370 e. The second-order valence-electron chi connectivity index (χ2n) is 20.1. The van der Waals surface area contributed by atoms with Crippen molar-refractivity contribution in [1.82, 2.24) is 36.8 Å². The number of aliphatic imine (C=N–C) groups is 2. The smallest absolute Gasteiger partial charge is 0.252 e. The first-order valence-corrected chi connectivity index (χ1v) is 27.0. The SMILES string of the molecule is CC(=O)NCC(=O)NC(CCCN=C(N)N)C(=O)N1CCCC1C(=O)NC(CCCN=C(N)N)C(=O)Nc1ccc(C(=O)NC(C(=O)NC(Cc2ccccc2)C(=O)NCc2ccccc2)C(C)C)c(-c2cccc3ccccc23)c1. The van der Waals surface area contributed by atoms with Crippen LogP contribution in [-0.4, -0.2) is 120 Å². The molecule has 5 aromatic rings. The molecular weight excluding hydrogens is 1030 g/mol. The minimum absolute atomic E-state index is 0.0673. The number of anilines is 1. The Kier molecular flexibility index (Phi) is 22.7. The second-order valence-corrected chi connectivity index (χ2v) is 20.1. The number of nitrogens with one attached hydrogen (secondary N) is 7. The van der Waals surface area contributed by atoms with Gasteiger partial charge in [0.15, 0.2) is 11.9 Å². The van der Waals surface area contributed by atoms with Crippen LogP contribution in [-0.2, 0) is 46.5 Å². The minimum atomic E-state index is -1.18. The molecule has 8 amide bonds. The molecule has 428 valence electrons. The largest absolute Gasteiger partial charge is 0.370 e. The highest BCUT2D eigenvalue weighted by atomic mass is 16.2. The van der Waals surface area contributed by atoms with Crippen molar-refractivity contribution in [1.29, 1.82) is 0 Å².